The van der Waals surface area contributed by atoms with Crippen molar-refractivity contribution in [1.82, 2.24) is 0 Å². The smallest absolute Gasteiger partial charge is 0.268 e. The van der Waals surface area contributed by atoms with Crippen molar-refractivity contribution < 1.29 is 9.59 Å². The molecule has 0 aliphatic carbocycles. The van der Waals surface area contributed by atoms with E-state index < -0.39 is 0 Å². The molecule has 0 bridgehead atoms. The third kappa shape index (κ3) is 2.99. The van der Waals surface area contributed by atoms with Gasteiger partial charge in [0, 0.05) is 0 Å². The molecule has 1 aliphatic heterocycles. The van der Waals surface area contributed by atoms with Crippen molar-refractivity contribution in [2.24, 2.45) is 0 Å². The van der Waals surface area contributed by atoms with Crippen LogP contribution in [0, 0.1) is 27.7 Å². The number of rotatable bonds is 4. The molecule has 0 atom stereocenters. The second kappa shape index (κ2) is 7.12. The van der Waals surface area contributed by atoms with Gasteiger partial charge in [0.05, 0.1) is 16.2 Å². The van der Waals surface area contributed by atoms with E-state index in [4.69, 9.17) is 0 Å². The van der Waals surface area contributed by atoms with Gasteiger partial charge in [-0.2, -0.15) is 0 Å². The Morgan fingerprint density at radius 3 is 2.27 bits per heavy atom. The zero-order chi connectivity index (χ0) is 19.0. The molecule has 2 aromatic rings. The van der Waals surface area contributed by atoms with E-state index in [9.17, 15) is 9.59 Å². The van der Waals surface area contributed by atoms with E-state index >= 15 is 0 Å². The number of carbonyl (C=O) groups is 2. The summed E-state index contributed by atoms with van der Waals surface area (Å²) in [4.78, 5) is 28.3. The summed E-state index contributed by atoms with van der Waals surface area (Å²) in [5.74, 6) is 0.287. The Hall–Kier alpha value is -2.33. The first-order valence-electron chi connectivity index (χ1n) is 8.76. The summed E-state index contributed by atoms with van der Waals surface area (Å²) in [6.07, 6.45) is 0. The fourth-order valence-electron chi connectivity index (χ4n) is 3.14. The van der Waals surface area contributed by atoms with Crippen LogP contribution in [-0.2, 0) is 9.59 Å². The van der Waals surface area contributed by atoms with Crippen LogP contribution in [0.15, 0.2) is 41.3 Å². The van der Waals surface area contributed by atoms with Gasteiger partial charge in [-0.1, -0.05) is 37.3 Å². The van der Waals surface area contributed by atoms with Gasteiger partial charge in [-0.3, -0.25) is 9.59 Å². The standard InChI is InChI=1S/C22H23NO2S/c1-6-26-20-19(17-11-10-13(2)15(4)12-17)21(24)23(22(20)25)18-9-7-8-14(3)16(18)5/h7-12H,6H2,1-5H3. The van der Waals surface area contributed by atoms with Crippen molar-refractivity contribution in [2.45, 2.75) is 34.6 Å². The predicted molar refractivity (Wildman–Crippen MR) is 109 cm³/mol. The molecule has 2 amide bonds. The van der Waals surface area contributed by atoms with Crippen molar-refractivity contribution in [2.75, 3.05) is 10.7 Å². The monoisotopic (exact) mass is 365 g/mol. The number of anilines is 1. The number of hydrogen-bond acceptors (Lipinski definition) is 3. The zero-order valence-corrected chi connectivity index (χ0v) is 16.7. The largest absolute Gasteiger partial charge is 0.272 e. The van der Waals surface area contributed by atoms with Crippen molar-refractivity contribution >= 4 is 34.8 Å². The predicted octanol–water partition coefficient (Wildman–Crippen LogP) is 4.96. The zero-order valence-electron chi connectivity index (χ0n) is 15.8. The molecule has 0 saturated heterocycles. The quantitative estimate of drug-likeness (QED) is 0.719. The Bertz CT molecular complexity index is 943. The minimum atomic E-state index is -0.233. The van der Waals surface area contributed by atoms with Crippen molar-refractivity contribution in [3.8, 4) is 0 Å². The Morgan fingerprint density at radius 2 is 1.62 bits per heavy atom. The molecular weight excluding hydrogens is 342 g/mol. The van der Waals surface area contributed by atoms with Gasteiger partial charge in [-0.25, -0.2) is 4.90 Å². The van der Waals surface area contributed by atoms with Crippen LogP contribution in [0.5, 0.6) is 0 Å². The molecule has 134 valence electrons. The molecule has 0 unspecified atom stereocenters. The number of nitrogens with zero attached hydrogens (tertiary/aromatic N) is 1. The van der Waals surface area contributed by atoms with E-state index in [0.717, 1.165) is 28.0 Å². The normalized spacial score (nSPS) is 14.6. The summed E-state index contributed by atoms with van der Waals surface area (Å²) in [5.41, 5.74) is 6.31. The van der Waals surface area contributed by atoms with Gasteiger partial charge in [0.1, 0.15) is 0 Å². The number of hydrogen-bond donors (Lipinski definition) is 0. The maximum Gasteiger partial charge on any atom is 0.272 e. The lowest BCUT2D eigenvalue weighted by atomic mass is 10.0. The molecule has 0 fully saturated rings. The molecule has 3 nitrogen and oxygen atoms in total. The summed E-state index contributed by atoms with van der Waals surface area (Å²) in [7, 11) is 0. The molecule has 0 aromatic heterocycles. The molecule has 3 rings (SSSR count). The molecule has 0 saturated carbocycles. The molecule has 0 radical (unpaired) electrons. The highest BCUT2D eigenvalue weighted by atomic mass is 32.2. The van der Waals surface area contributed by atoms with E-state index in [-0.39, 0.29) is 11.8 Å². The summed E-state index contributed by atoms with van der Waals surface area (Å²) < 4.78 is 0. The number of amides is 2. The van der Waals surface area contributed by atoms with Gasteiger partial charge in [0.25, 0.3) is 11.8 Å². The maximum absolute atomic E-state index is 13.3. The molecule has 2 aromatic carbocycles. The lowest BCUT2D eigenvalue weighted by Gasteiger charge is -2.19. The number of benzene rings is 2. The molecule has 26 heavy (non-hydrogen) atoms. The number of aryl methyl sites for hydroxylation is 3. The Kier molecular flexibility index (Phi) is 5.05. The molecule has 4 heteroatoms. The first-order chi connectivity index (χ1) is 12.4. The number of carbonyl (C=O) groups excluding carboxylic acids is 2. The van der Waals surface area contributed by atoms with Crippen molar-refractivity contribution in [1.29, 1.82) is 0 Å². The van der Waals surface area contributed by atoms with E-state index in [2.05, 4.69) is 0 Å². The van der Waals surface area contributed by atoms with E-state index in [1.165, 1.54) is 22.2 Å². The minimum absolute atomic E-state index is 0.219. The summed E-state index contributed by atoms with van der Waals surface area (Å²) in [6.45, 7) is 10.00. The van der Waals surface area contributed by atoms with Crippen LogP contribution in [0.25, 0.3) is 5.57 Å². The summed E-state index contributed by atoms with van der Waals surface area (Å²) in [6, 6.07) is 11.7. The van der Waals surface area contributed by atoms with Gasteiger partial charge in [0.2, 0.25) is 0 Å². The van der Waals surface area contributed by atoms with Crippen LogP contribution < -0.4 is 4.90 Å². The topological polar surface area (TPSA) is 37.4 Å². The van der Waals surface area contributed by atoms with Gasteiger partial charge in [-0.05, 0) is 67.3 Å². The van der Waals surface area contributed by atoms with Crippen molar-refractivity contribution in [3.05, 3.63) is 69.1 Å². The highest BCUT2D eigenvalue weighted by Gasteiger charge is 2.40. The highest BCUT2D eigenvalue weighted by Crippen LogP contribution is 2.39. The van der Waals surface area contributed by atoms with E-state index in [0.29, 0.717) is 16.2 Å². The fraction of sp³-hybridized carbons (Fsp3) is 0.273. The number of thioether (sulfide) groups is 1. The van der Waals surface area contributed by atoms with Crippen LogP contribution in [-0.4, -0.2) is 17.6 Å². The second-order valence-corrected chi connectivity index (χ2v) is 7.88. The maximum atomic E-state index is 13.3. The molecule has 0 spiro atoms. The molecule has 1 heterocycles. The van der Waals surface area contributed by atoms with Gasteiger partial charge in [-0.15, -0.1) is 11.8 Å². The SMILES string of the molecule is CCSC1=C(c2ccc(C)c(C)c2)C(=O)N(c2cccc(C)c2C)C1=O. The lowest BCUT2D eigenvalue weighted by molar-refractivity contribution is -0.119. The third-order valence-corrected chi connectivity index (χ3v) is 5.90. The lowest BCUT2D eigenvalue weighted by Crippen LogP contribution is -2.32. The first-order valence-corrected chi connectivity index (χ1v) is 9.75. The average molecular weight is 365 g/mol. The number of imide groups is 1. The van der Waals surface area contributed by atoms with E-state index in [1.54, 1.807) is 0 Å². The van der Waals surface area contributed by atoms with Gasteiger partial charge in [0.15, 0.2) is 0 Å². The minimum Gasteiger partial charge on any atom is -0.268 e. The van der Waals surface area contributed by atoms with Gasteiger partial charge >= 0.3 is 0 Å². The van der Waals surface area contributed by atoms with Crippen LogP contribution in [0.4, 0.5) is 5.69 Å². The fourth-order valence-corrected chi connectivity index (χ4v) is 3.99. The molecular formula is C22H23NO2S. The average Bonchev–Trinajstić information content (AvgIpc) is 2.84. The molecule has 1 aliphatic rings. The van der Waals surface area contributed by atoms with Crippen LogP contribution in [0.1, 0.15) is 34.7 Å². The Balaban J connectivity index is 2.15. The molecule has 0 N–H and O–H groups in total. The van der Waals surface area contributed by atoms with Crippen molar-refractivity contribution in [3.63, 3.8) is 0 Å². The summed E-state index contributed by atoms with van der Waals surface area (Å²) in [5, 5.41) is 0. The van der Waals surface area contributed by atoms with Crippen LogP contribution >= 0.6 is 11.8 Å². The Morgan fingerprint density at radius 1 is 0.885 bits per heavy atom. The highest BCUT2D eigenvalue weighted by molar-refractivity contribution is 8.04. The third-order valence-electron chi connectivity index (χ3n) is 4.94. The van der Waals surface area contributed by atoms with Gasteiger partial charge < -0.3 is 0 Å². The Labute approximate surface area is 159 Å². The first kappa shape index (κ1) is 18.5. The van der Waals surface area contributed by atoms with Crippen LogP contribution in [0.3, 0.4) is 0 Å². The second-order valence-electron chi connectivity index (χ2n) is 6.60. The summed E-state index contributed by atoms with van der Waals surface area (Å²) >= 11 is 1.44. The van der Waals surface area contributed by atoms with Crippen LogP contribution in [0.2, 0.25) is 0 Å². The van der Waals surface area contributed by atoms with E-state index in [1.807, 2.05) is 71.0 Å².